The Morgan fingerprint density at radius 2 is 1.97 bits per heavy atom. The maximum atomic E-state index is 15.5. The van der Waals surface area contributed by atoms with Crippen LogP contribution in [0.3, 0.4) is 0 Å². The number of hydrogen-bond acceptors (Lipinski definition) is 9. The summed E-state index contributed by atoms with van der Waals surface area (Å²) in [5.74, 6) is -0.460. The van der Waals surface area contributed by atoms with E-state index in [0.29, 0.717) is 16.9 Å². The number of aromatic nitrogens is 2. The van der Waals surface area contributed by atoms with Crippen LogP contribution in [-0.4, -0.2) is 57.8 Å². The quantitative estimate of drug-likeness (QED) is 0.254. The van der Waals surface area contributed by atoms with E-state index in [4.69, 9.17) is 24.3 Å². The molecule has 4 rings (SSSR count). The van der Waals surface area contributed by atoms with E-state index in [1.165, 1.54) is 24.6 Å². The minimum atomic E-state index is -4.24. The fourth-order valence-corrected chi connectivity index (χ4v) is 5.72. The third kappa shape index (κ3) is 5.69. The van der Waals surface area contributed by atoms with Crippen molar-refractivity contribution in [1.82, 2.24) is 14.7 Å². The van der Waals surface area contributed by atoms with Crippen molar-refractivity contribution in [3.8, 4) is 5.75 Å². The Balaban J connectivity index is 1.54. The predicted octanol–water partition coefficient (Wildman–Crippen LogP) is 3.36. The van der Waals surface area contributed by atoms with Crippen LogP contribution < -0.4 is 15.3 Å². The molecule has 0 radical (unpaired) electrons. The summed E-state index contributed by atoms with van der Waals surface area (Å²) in [5.41, 5.74) is 5.71. The molecular weight excluding hydrogens is 518 g/mol. The summed E-state index contributed by atoms with van der Waals surface area (Å²) in [6.07, 6.45) is -3.64. The summed E-state index contributed by atoms with van der Waals surface area (Å²) in [6, 6.07) is 12.0. The minimum absolute atomic E-state index is 0.206. The first kappa shape index (κ1) is 28.0. The van der Waals surface area contributed by atoms with Gasteiger partial charge in [0.25, 0.3) is 0 Å². The van der Waals surface area contributed by atoms with Gasteiger partial charge >= 0.3 is 13.7 Å². The summed E-state index contributed by atoms with van der Waals surface area (Å²) in [5, 5.41) is 17.5. The van der Waals surface area contributed by atoms with Gasteiger partial charge in [-0.1, -0.05) is 18.2 Å². The number of halogens is 1. The van der Waals surface area contributed by atoms with E-state index < -0.39 is 56.4 Å². The van der Waals surface area contributed by atoms with Crippen LogP contribution in [0.4, 0.5) is 10.1 Å². The van der Waals surface area contributed by atoms with Crippen LogP contribution in [-0.2, 0) is 29.0 Å². The smallest absolute Gasteiger partial charge is 0.459 e. The van der Waals surface area contributed by atoms with Gasteiger partial charge in [0.2, 0.25) is 0 Å². The molecular formula is C25H32FN4O7P. The Labute approximate surface area is 219 Å². The average Bonchev–Trinajstić information content (AvgIpc) is 3.40. The number of carbonyl (C=O) groups is 1. The highest BCUT2D eigenvalue weighted by Crippen LogP contribution is 2.47. The number of nitrogen functional groups attached to an aromatic ring is 1. The van der Waals surface area contributed by atoms with Crippen LogP contribution in [0, 0.1) is 0 Å². The van der Waals surface area contributed by atoms with E-state index in [2.05, 4.69) is 10.2 Å². The van der Waals surface area contributed by atoms with Gasteiger partial charge in [0.05, 0.1) is 29.6 Å². The Morgan fingerprint density at radius 1 is 1.26 bits per heavy atom. The number of carbonyl (C=O) groups excluding carboxylic acids is 1. The third-order valence-corrected chi connectivity index (χ3v) is 7.78. The molecule has 0 amide bonds. The number of ether oxygens (including phenoxy) is 2. The van der Waals surface area contributed by atoms with Crippen molar-refractivity contribution in [3.63, 3.8) is 0 Å². The van der Waals surface area contributed by atoms with E-state index in [-0.39, 0.29) is 5.75 Å². The molecule has 1 aliphatic rings. The fraction of sp³-hybridized carbons (Fsp3) is 0.440. The predicted molar refractivity (Wildman–Crippen MR) is 137 cm³/mol. The zero-order valence-corrected chi connectivity index (χ0v) is 22.4. The number of esters is 1. The lowest BCUT2D eigenvalue weighted by molar-refractivity contribution is -0.149. The number of nitrogens with one attached hydrogen (secondary N) is 1. The number of hydrogen-bond donors (Lipinski definition) is 3. The van der Waals surface area contributed by atoms with E-state index in [1.807, 2.05) is 0 Å². The van der Waals surface area contributed by atoms with Crippen LogP contribution in [0.2, 0.25) is 0 Å². The molecule has 0 spiro atoms. The van der Waals surface area contributed by atoms with Crippen LogP contribution in [0.5, 0.6) is 5.75 Å². The molecule has 4 N–H and O–H groups in total. The largest absolute Gasteiger partial charge is 0.462 e. The summed E-state index contributed by atoms with van der Waals surface area (Å²) in [7, 11) is -4.24. The summed E-state index contributed by atoms with van der Waals surface area (Å²) in [4.78, 5) is 12.3. The van der Waals surface area contributed by atoms with Crippen LogP contribution >= 0.6 is 7.75 Å². The van der Waals surface area contributed by atoms with Gasteiger partial charge < -0.3 is 24.8 Å². The molecule has 1 fully saturated rings. The van der Waals surface area contributed by atoms with Gasteiger partial charge in [0.1, 0.15) is 29.6 Å². The highest BCUT2D eigenvalue weighted by Gasteiger charge is 2.55. The van der Waals surface area contributed by atoms with Crippen molar-refractivity contribution < 1.29 is 37.4 Å². The second kappa shape index (κ2) is 11.0. The standard InChI is InChI=1S/C25H32FN4O7P/c1-15(2)35-24(32)16(3)29-38(33,37-17-8-6-5-7-9-17)34-14-20-22(31)23(26)25(4,36-20)21-11-10-19-18(27)12-13-28-30(19)21/h5-13,15-16,20,22-23,31H,14,27H2,1-4H3,(H,29,33)/t16-,20-,22-,23-,25+,38?/m1/s1. The summed E-state index contributed by atoms with van der Waals surface area (Å²) in [6.45, 7) is 5.78. The first-order valence-corrected chi connectivity index (χ1v) is 13.7. The second-order valence-corrected chi connectivity index (χ2v) is 11.2. The van der Waals surface area contributed by atoms with Crippen molar-refractivity contribution in [2.75, 3.05) is 12.3 Å². The first-order chi connectivity index (χ1) is 17.9. The lowest BCUT2D eigenvalue weighted by atomic mass is 9.94. The van der Waals surface area contributed by atoms with Crippen LogP contribution in [0.15, 0.2) is 54.7 Å². The van der Waals surface area contributed by atoms with E-state index in [0.717, 1.165) is 0 Å². The van der Waals surface area contributed by atoms with Crippen molar-refractivity contribution in [3.05, 3.63) is 60.4 Å². The van der Waals surface area contributed by atoms with Gasteiger partial charge in [0, 0.05) is 6.20 Å². The number of nitrogens with two attached hydrogens (primary N) is 1. The van der Waals surface area contributed by atoms with Crippen molar-refractivity contribution in [1.29, 1.82) is 0 Å². The Bertz CT molecular complexity index is 1320. The zero-order chi connectivity index (χ0) is 27.7. The van der Waals surface area contributed by atoms with E-state index in [9.17, 15) is 14.5 Å². The number of benzene rings is 1. The molecule has 2 aromatic heterocycles. The fourth-order valence-electron chi connectivity index (χ4n) is 4.22. The topological polar surface area (TPSA) is 147 Å². The van der Waals surface area contributed by atoms with Gasteiger partial charge in [-0.3, -0.25) is 9.32 Å². The number of rotatable bonds is 10. The van der Waals surface area contributed by atoms with E-state index >= 15 is 4.39 Å². The van der Waals surface area contributed by atoms with Crippen molar-refractivity contribution >= 4 is 24.9 Å². The Morgan fingerprint density at radius 3 is 2.66 bits per heavy atom. The van der Waals surface area contributed by atoms with Crippen molar-refractivity contribution in [2.24, 2.45) is 0 Å². The molecule has 206 valence electrons. The molecule has 0 aliphatic carbocycles. The lowest BCUT2D eigenvalue weighted by Crippen LogP contribution is -2.38. The van der Waals surface area contributed by atoms with Crippen LogP contribution in [0.25, 0.3) is 5.52 Å². The maximum Gasteiger partial charge on any atom is 0.459 e. The van der Waals surface area contributed by atoms with E-state index in [1.54, 1.807) is 62.4 Å². The van der Waals surface area contributed by atoms with Crippen molar-refractivity contribution in [2.45, 2.75) is 63.8 Å². The number of fused-ring (bicyclic) bond motifs is 1. The molecule has 11 nitrogen and oxygen atoms in total. The van der Waals surface area contributed by atoms with Gasteiger partial charge in [-0.2, -0.15) is 10.2 Å². The lowest BCUT2D eigenvalue weighted by Gasteiger charge is -2.27. The molecule has 3 heterocycles. The van der Waals surface area contributed by atoms with Crippen LogP contribution in [0.1, 0.15) is 33.4 Å². The molecule has 1 unspecified atom stereocenters. The minimum Gasteiger partial charge on any atom is -0.462 e. The summed E-state index contributed by atoms with van der Waals surface area (Å²) >= 11 is 0. The van der Waals surface area contributed by atoms with Gasteiger partial charge in [-0.15, -0.1) is 0 Å². The van der Waals surface area contributed by atoms with Gasteiger partial charge in [0.15, 0.2) is 6.17 Å². The number of anilines is 1. The number of aliphatic hydroxyl groups excluding tert-OH is 1. The number of aliphatic hydroxyl groups is 1. The third-order valence-electron chi connectivity index (χ3n) is 6.13. The molecule has 1 aromatic carbocycles. The second-order valence-electron chi connectivity index (χ2n) is 9.49. The molecule has 0 bridgehead atoms. The van der Waals surface area contributed by atoms with Gasteiger partial charge in [-0.05, 0) is 58.0 Å². The molecule has 3 aromatic rings. The molecule has 1 aliphatic heterocycles. The first-order valence-electron chi connectivity index (χ1n) is 12.1. The number of alkyl halides is 1. The molecule has 1 saturated heterocycles. The average molecular weight is 551 g/mol. The maximum absolute atomic E-state index is 15.5. The highest BCUT2D eigenvalue weighted by atomic mass is 31.2. The number of nitrogens with zero attached hydrogens (tertiary/aromatic N) is 2. The molecule has 0 saturated carbocycles. The molecule has 38 heavy (non-hydrogen) atoms. The normalized spacial score (nSPS) is 25.8. The monoisotopic (exact) mass is 550 g/mol. The number of para-hydroxylation sites is 1. The highest BCUT2D eigenvalue weighted by molar-refractivity contribution is 7.52. The Hall–Kier alpha value is -3.02. The summed E-state index contributed by atoms with van der Waals surface area (Å²) < 4.78 is 53.0. The van der Waals surface area contributed by atoms with Gasteiger partial charge in [-0.25, -0.2) is 13.5 Å². The Kier molecular flexibility index (Phi) is 8.10. The zero-order valence-electron chi connectivity index (χ0n) is 21.5. The molecule has 6 atom stereocenters. The molecule has 13 heteroatoms. The SMILES string of the molecule is CC(C)OC(=O)[C@@H](C)NP(=O)(OC[C@H]1O[C@@](C)(c2ccc3c(N)ccnn23)[C@H](F)[C@@H]1O)Oc1ccccc1.